The molecule has 3 rings (SSSR count). The Kier molecular flexibility index (Phi) is 8.92. The van der Waals surface area contributed by atoms with Gasteiger partial charge in [0.15, 0.2) is 12.6 Å². The van der Waals surface area contributed by atoms with Crippen LogP contribution >= 0.6 is 0 Å². The summed E-state index contributed by atoms with van der Waals surface area (Å²) in [6, 6.07) is 16.2. The SMILES string of the molecule is CCNC(=NCc1cccc(OCC(N)=O)c1)NCC1CCCOC1c1ccc(C)cc1. The lowest BCUT2D eigenvalue weighted by Gasteiger charge is -2.32. The van der Waals surface area contributed by atoms with Crippen LogP contribution in [0.2, 0.25) is 0 Å². The third-order valence-corrected chi connectivity index (χ3v) is 5.43. The normalized spacial score (nSPS) is 18.8. The quantitative estimate of drug-likeness (QED) is 0.413. The molecule has 2 unspecified atom stereocenters. The Hall–Kier alpha value is -3.06. The Balaban J connectivity index is 1.61. The van der Waals surface area contributed by atoms with Gasteiger partial charge in [0.2, 0.25) is 0 Å². The lowest BCUT2D eigenvalue weighted by Crippen LogP contribution is -2.42. The molecule has 172 valence electrons. The van der Waals surface area contributed by atoms with Crippen LogP contribution in [0.5, 0.6) is 5.75 Å². The molecule has 1 fully saturated rings. The largest absolute Gasteiger partial charge is 0.484 e. The number of benzene rings is 2. The van der Waals surface area contributed by atoms with Crippen molar-refractivity contribution in [2.24, 2.45) is 16.6 Å². The summed E-state index contributed by atoms with van der Waals surface area (Å²) in [6.45, 7) is 6.87. The molecule has 7 nitrogen and oxygen atoms in total. The van der Waals surface area contributed by atoms with Crippen molar-refractivity contribution in [1.29, 1.82) is 0 Å². The number of hydrogen-bond donors (Lipinski definition) is 3. The molecule has 0 spiro atoms. The van der Waals surface area contributed by atoms with Crippen LogP contribution in [0.1, 0.15) is 42.6 Å². The van der Waals surface area contributed by atoms with Gasteiger partial charge < -0.3 is 25.8 Å². The first-order valence-corrected chi connectivity index (χ1v) is 11.3. The summed E-state index contributed by atoms with van der Waals surface area (Å²) in [5, 5.41) is 6.81. The smallest absolute Gasteiger partial charge is 0.255 e. The highest BCUT2D eigenvalue weighted by atomic mass is 16.5. The summed E-state index contributed by atoms with van der Waals surface area (Å²) in [5.41, 5.74) is 8.62. The molecule has 0 bridgehead atoms. The molecular weight excluding hydrogens is 404 g/mol. The van der Waals surface area contributed by atoms with Crippen LogP contribution in [0, 0.1) is 12.8 Å². The van der Waals surface area contributed by atoms with E-state index in [-0.39, 0.29) is 12.7 Å². The number of aryl methyl sites for hydroxylation is 1. The number of hydrogen-bond acceptors (Lipinski definition) is 4. The summed E-state index contributed by atoms with van der Waals surface area (Å²) in [6.07, 6.45) is 2.28. The second-order valence-electron chi connectivity index (χ2n) is 8.08. The second-order valence-corrected chi connectivity index (χ2v) is 8.08. The molecule has 0 saturated carbocycles. The fourth-order valence-corrected chi connectivity index (χ4v) is 3.80. The first kappa shape index (κ1) is 23.6. The van der Waals surface area contributed by atoms with Gasteiger partial charge in [-0.3, -0.25) is 4.79 Å². The Labute approximate surface area is 190 Å². The summed E-state index contributed by atoms with van der Waals surface area (Å²) in [7, 11) is 0. The standard InChI is InChI=1S/C25H34N4O3/c1-3-27-25(28-15-19-6-4-8-22(14-19)32-17-23(26)30)29-16-21-7-5-13-31-24(21)20-11-9-18(2)10-12-20/h4,6,8-12,14,21,24H,3,5,7,13,15-17H2,1-2H3,(H2,26,30)(H2,27,28,29). The number of nitrogens with two attached hydrogens (primary N) is 1. The van der Waals surface area contributed by atoms with Gasteiger partial charge in [0.05, 0.1) is 12.6 Å². The number of ether oxygens (including phenoxy) is 2. The number of carbonyl (C=O) groups is 1. The molecule has 7 heteroatoms. The predicted molar refractivity (Wildman–Crippen MR) is 127 cm³/mol. The Morgan fingerprint density at radius 2 is 2.03 bits per heavy atom. The molecule has 2 aromatic rings. The van der Waals surface area contributed by atoms with Gasteiger partial charge >= 0.3 is 0 Å². The number of nitrogens with one attached hydrogen (secondary N) is 2. The average molecular weight is 439 g/mol. The molecule has 2 aromatic carbocycles. The van der Waals surface area contributed by atoms with E-state index < -0.39 is 5.91 Å². The van der Waals surface area contributed by atoms with E-state index in [1.807, 2.05) is 25.1 Å². The number of aliphatic imine (C=N–C) groups is 1. The zero-order chi connectivity index (χ0) is 22.8. The second kappa shape index (κ2) is 12.1. The molecule has 0 radical (unpaired) electrons. The molecule has 1 amide bonds. The van der Waals surface area contributed by atoms with Crippen molar-refractivity contribution in [1.82, 2.24) is 10.6 Å². The maximum atomic E-state index is 10.9. The predicted octanol–water partition coefficient (Wildman–Crippen LogP) is 3.08. The van der Waals surface area contributed by atoms with E-state index in [9.17, 15) is 4.79 Å². The Morgan fingerprint density at radius 1 is 1.22 bits per heavy atom. The fourth-order valence-electron chi connectivity index (χ4n) is 3.80. The van der Waals surface area contributed by atoms with E-state index in [0.29, 0.717) is 18.2 Å². The Bertz CT molecular complexity index is 898. The van der Waals surface area contributed by atoms with Gasteiger partial charge in [0, 0.05) is 25.6 Å². The van der Waals surface area contributed by atoms with Gasteiger partial charge in [-0.25, -0.2) is 4.99 Å². The first-order valence-electron chi connectivity index (χ1n) is 11.3. The van der Waals surface area contributed by atoms with Crippen molar-refractivity contribution < 1.29 is 14.3 Å². The summed E-state index contributed by atoms with van der Waals surface area (Å²) in [5.74, 6) is 1.25. The van der Waals surface area contributed by atoms with E-state index in [4.69, 9.17) is 20.2 Å². The van der Waals surface area contributed by atoms with Gasteiger partial charge in [0.1, 0.15) is 5.75 Å². The minimum atomic E-state index is -0.498. The number of primary amides is 1. The molecule has 1 aliphatic heterocycles. The van der Waals surface area contributed by atoms with E-state index >= 15 is 0 Å². The van der Waals surface area contributed by atoms with Crippen molar-refractivity contribution in [3.05, 3.63) is 65.2 Å². The van der Waals surface area contributed by atoms with Crippen LogP contribution < -0.4 is 21.1 Å². The highest BCUT2D eigenvalue weighted by Gasteiger charge is 2.27. The minimum Gasteiger partial charge on any atom is -0.484 e. The zero-order valence-electron chi connectivity index (χ0n) is 19.0. The van der Waals surface area contributed by atoms with Crippen molar-refractivity contribution in [2.45, 2.75) is 39.3 Å². The van der Waals surface area contributed by atoms with Crippen LogP contribution in [0.25, 0.3) is 0 Å². The molecule has 1 aliphatic rings. The molecule has 0 aliphatic carbocycles. The lowest BCUT2D eigenvalue weighted by molar-refractivity contribution is -0.119. The summed E-state index contributed by atoms with van der Waals surface area (Å²) >= 11 is 0. The third-order valence-electron chi connectivity index (χ3n) is 5.43. The van der Waals surface area contributed by atoms with Crippen LogP contribution in [0.15, 0.2) is 53.5 Å². The van der Waals surface area contributed by atoms with Gasteiger partial charge in [-0.15, -0.1) is 0 Å². The van der Waals surface area contributed by atoms with Crippen molar-refractivity contribution >= 4 is 11.9 Å². The third kappa shape index (κ3) is 7.27. The topological polar surface area (TPSA) is 98.0 Å². The zero-order valence-corrected chi connectivity index (χ0v) is 19.0. The van der Waals surface area contributed by atoms with E-state index in [1.54, 1.807) is 6.07 Å². The van der Waals surface area contributed by atoms with Gasteiger partial charge in [-0.05, 0) is 49.9 Å². The van der Waals surface area contributed by atoms with Gasteiger partial charge in [0.25, 0.3) is 5.91 Å². The van der Waals surface area contributed by atoms with E-state index in [1.165, 1.54) is 11.1 Å². The van der Waals surface area contributed by atoms with Gasteiger partial charge in [-0.1, -0.05) is 42.0 Å². The number of nitrogens with zero attached hydrogens (tertiary/aromatic N) is 1. The van der Waals surface area contributed by atoms with Crippen LogP contribution in [-0.2, 0) is 16.1 Å². The fraction of sp³-hybridized carbons (Fsp3) is 0.440. The summed E-state index contributed by atoms with van der Waals surface area (Å²) < 4.78 is 11.5. The van der Waals surface area contributed by atoms with Crippen LogP contribution in [-0.4, -0.2) is 38.2 Å². The number of carbonyl (C=O) groups excluding carboxylic acids is 1. The highest BCUT2D eigenvalue weighted by Crippen LogP contribution is 2.33. The maximum absolute atomic E-state index is 10.9. The first-order chi connectivity index (χ1) is 15.5. The van der Waals surface area contributed by atoms with Crippen molar-refractivity contribution in [3.8, 4) is 5.75 Å². The molecule has 1 saturated heterocycles. The Morgan fingerprint density at radius 3 is 2.78 bits per heavy atom. The molecule has 1 heterocycles. The van der Waals surface area contributed by atoms with Crippen LogP contribution in [0.3, 0.4) is 0 Å². The lowest BCUT2D eigenvalue weighted by atomic mass is 9.89. The number of amides is 1. The molecule has 2 atom stereocenters. The van der Waals surface area contributed by atoms with E-state index in [2.05, 4.69) is 41.8 Å². The van der Waals surface area contributed by atoms with Crippen molar-refractivity contribution in [2.75, 3.05) is 26.3 Å². The highest BCUT2D eigenvalue weighted by molar-refractivity contribution is 5.79. The van der Waals surface area contributed by atoms with Gasteiger partial charge in [-0.2, -0.15) is 0 Å². The molecule has 32 heavy (non-hydrogen) atoms. The minimum absolute atomic E-state index is 0.0961. The monoisotopic (exact) mass is 438 g/mol. The number of rotatable bonds is 9. The molecule has 4 N–H and O–H groups in total. The molecular formula is C25H34N4O3. The summed E-state index contributed by atoms with van der Waals surface area (Å²) in [4.78, 5) is 15.6. The number of guanidine groups is 1. The molecule has 0 aromatic heterocycles. The average Bonchev–Trinajstić information content (AvgIpc) is 2.80. The maximum Gasteiger partial charge on any atom is 0.255 e. The van der Waals surface area contributed by atoms with E-state index in [0.717, 1.165) is 44.1 Å². The van der Waals surface area contributed by atoms with Crippen molar-refractivity contribution in [3.63, 3.8) is 0 Å². The van der Waals surface area contributed by atoms with Crippen LogP contribution in [0.4, 0.5) is 0 Å².